The molecule has 0 saturated heterocycles. The molecule has 4 nitrogen and oxygen atoms in total. The van der Waals surface area contributed by atoms with E-state index in [2.05, 4.69) is 11.1 Å². The standard InChI is InChI=1S/C19H21NO3S/c1-23-17-11-9-15(10-12-17)18-7-3-2-6-16(18)14-24(21,22)19-8-4-5-13-20-19/h4-6,8-13,18H,2-3,7,14H2,1H3. The van der Waals surface area contributed by atoms with Crippen LogP contribution in [0.2, 0.25) is 0 Å². The second-order valence-corrected chi connectivity index (χ2v) is 7.90. The van der Waals surface area contributed by atoms with Crippen molar-refractivity contribution >= 4 is 9.84 Å². The fourth-order valence-electron chi connectivity index (χ4n) is 3.14. The van der Waals surface area contributed by atoms with Crippen LogP contribution in [0.15, 0.2) is 65.3 Å². The average molecular weight is 343 g/mol. The molecule has 1 aliphatic carbocycles. The van der Waals surface area contributed by atoms with E-state index in [4.69, 9.17) is 4.74 Å². The molecule has 0 aliphatic heterocycles. The predicted molar refractivity (Wildman–Crippen MR) is 94.0 cm³/mol. The molecule has 0 N–H and O–H groups in total. The van der Waals surface area contributed by atoms with Gasteiger partial charge in [0.15, 0.2) is 14.9 Å². The zero-order chi connectivity index (χ0) is 17.0. The van der Waals surface area contributed by atoms with E-state index in [0.717, 1.165) is 36.1 Å². The van der Waals surface area contributed by atoms with Crippen molar-refractivity contribution in [2.24, 2.45) is 0 Å². The number of pyridine rings is 1. The largest absolute Gasteiger partial charge is 0.497 e. The Morgan fingerprint density at radius 3 is 2.62 bits per heavy atom. The first-order chi connectivity index (χ1) is 11.6. The SMILES string of the molecule is COc1ccc(C2CCCC=C2CS(=O)(=O)c2ccccn2)cc1. The molecule has 1 aromatic heterocycles. The van der Waals surface area contributed by atoms with E-state index in [1.165, 1.54) is 6.20 Å². The second-order valence-electron chi connectivity index (χ2n) is 5.96. The van der Waals surface area contributed by atoms with Crippen molar-refractivity contribution in [1.29, 1.82) is 0 Å². The van der Waals surface area contributed by atoms with Gasteiger partial charge in [-0.05, 0) is 49.1 Å². The van der Waals surface area contributed by atoms with Crippen LogP contribution in [-0.2, 0) is 9.84 Å². The molecular weight excluding hydrogens is 322 g/mol. The number of sulfone groups is 1. The lowest BCUT2D eigenvalue weighted by atomic mass is 9.83. The number of benzene rings is 1. The number of hydrogen-bond donors (Lipinski definition) is 0. The number of aromatic nitrogens is 1. The maximum Gasteiger partial charge on any atom is 0.199 e. The molecule has 5 heteroatoms. The Hall–Kier alpha value is -2.14. The summed E-state index contributed by atoms with van der Waals surface area (Å²) in [5.41, 5.74) is 2.11. The van der Waals surface area contributed by atoms with Gasteiger partial charge in [0.05, 0.1) is 12.9 Å². The Balaban J connectivity index is 1.86. The van der Waals surface area contributed by atoms with Gasteiger partial charge in [-0.25, -0.2) is 13.4 Å². The number of ether oxygens (including phenoxy) is 1. The van der Waals surface area contributed by atoms with Gasteiger partial charge >= 0.3 is 0 Å². The van der Waals surface area contributed by atoms with Gasteiger partial charge in [0.2, 0.25) is 0 Å². The monoisotopic (exact) mass is 343 g/mol. The van der Waals surface area contributed by atoms with Crippen LogP contribution in [0.4, 0.5) is 0 Å². The summed E-state index contributed by atoms with van der Waals surface area (Å²) in [4.78, 5) is 4.00. The summed E-state index contributed by atoms with van der Waals surface area (Å²) in [5.74, 6) is 0.977. The Bertz CT molecular complexity index is 811. The first-order valence-electron chi connectivity index (χ1n) is 8.07. The Labute approximate surface area is 143 Å². The molecule has 0 radical (unpaired) electrons. The molecule has 1 aromatic carbocycles. The fourth-order valence-corrected chi connectivity index (χ4v) is 4.55. The van der Waals surface area contributed by atoms with Crippen molar-refractivity contribution in [3.8, 4) is 5.75 Å². The molecule has 0 amide bonds. The van der Waals surface area contributed by atoms with Crippen LogP contribution in [-0.4, -0.2) is 26.3 Å². The molecule has 1 heterocycles. The first-order valence-corrected chi connectivity index (χ1v) is 9.72. The summed E-state index contributed by atoms with van der Waals surface area (Å²) in [6.45, 7) is 0. The van der Waals surface area contributed by atoms with Crippen molar-refractivity contribution in [1.82, 2.24) is 4.98 Å². The molecule has 0 bridgehead atoms. The predicted octanol–water partition coefficient (Wildman–Crippen LogP) is 3.76. The topological polar surface area (TPSA) is 56.3 Å². The van der Waals surface area contributed by atoms with E-state index in [1.807, 2.05) is 24.3 Å². The highest BCUT2D eigenvalue weighted by molar-refractivity contribution is 7.91. The van der Waals surface area contributed by atoms with Gasteiger partial charge in [0.25, 0.3) is 0 Å². The molecule has 2 aromatic rings. The molecule has 1 aliphatic rings. The van der Waals surface area contributed by atoms with E-state index < -0.39 is 9.84 Å². The zero-order valence-corrected chi connectivity index (χ0v) is 14.5. The van der Waals surface area contributed by atoms with Gasteiger partial charge in [-0.15, -0.1) is 0 Å². The lowest BCUT2D eigenvalue weighted by Gasteiger charge is -2.25. The Kier molecular flexibility index (Phi) is 5.00. The summed E-state index contributed by atoms with van der Waals surface area (Å²) in [6, 6.07) is 12.9. The van der Waals surface area contributed by atoms with Gasteiger partial charge in [-0.2, -0.15) is 0 Å². The van der Waals surface area contributed by atoms with Crippen molar-refractivity contribution in [2.75, 3.05) is 12.9 Å². The molecule has 126 valence electrons. The Morgan fingerprint density at radius 2 is 1.96 bits per heavy atom. The van der Waals surface area contributed by atoms with E-state index in [1.54, 1.807) is 25.3 Å². The number of allylic oxidation sites excluding steroid dienone is 1. The maximum atomic E-state index is 12.7. The van der Waals surface area contributed by atoms with Crippen LogP contribution in [0.5, 0.6) is 5.75 Å². The maximum absolute atomic E-state index is 12.7. The van der Waals surface area contributed by atoms with E-state index in [9.17, 15) is 8.42 Å². The highest BCUT2D eigenvalue weighted by Gasteiger charge is 2.26. The summed E-state index contributed by atoms with van der Waals surface area (Å²) in [6.07, 6.45) is 6.57. The summed E-state index contributed by atoms with van der Waals surface area (Å²) < 4.78 is 30.5. The second kappa shape index (κ2) is 7.18. The van der Waals surface area contributed by atoms with Crippen LogP contribution >= 0.6 is 0 Å². The van der Waals surface area contributed by atoms with Crippen molar-refractivity contribution in [3.05, 3.63) is 65.9 Å². The minimum atomic E-state index is -3.42. The van der Waals surface area contributed by atoms with E-state index in [-0.39, 0.29) is 16.7 Å². The van der Waals surface area contributed by atoms with Crippen LogP contribution in [0.3, 0.4) is 0 Å². The molecule has 24 heavy (non-hydrogen) atoms. The zero-order valence-electron chi connectivity index (χ0n) is 13.7. The van der Waals surface area contributed by atoms with Gasteiger partial charge in [-0.3, -0.25) is 0 Å². The summed E-state index contributed by atoms with van der Waals surface area (Å²) in [7, 11) is -1.78. The third-order valence-electron chi connectivity index (χ3n) is 4.38. The van der Waals surface area contributed by atoms with Crippen LogP contribution < -0.4 is 4.74 Å². The first kappa shape index (κ1) is 16.7. The number of methoxy groups -OCH3 is 1. The van der Waals surface area contributed by atoms with Gasteiger partial charge < -0.3 is 4.74 Å². The van der Waals surface area contributed by atoms with Gasteiger partial charge in [-0.1, -0.05) is 29.8 Å². The van der Waals surface area contributed by atoms with E-state index in [0.29, 0.717) is 0 Å². The molecule has 1 unspecified atom stereocenters. The molecule has 0 spiro atoms. The van der Waals surface area contributed by atoms with Crippen LogP contribution in [0, 0.1) is 0 Å². The molecule has 1 atom stereocenters. The highest BCUT2D eigenvalue weighted by Crippen LogP contribution is 2.36. The number of nitrogens with zero attached hydrogens (tertiary/aromatic N) is 1. The van der Waals surface area contributed by atoms with Crippen LogP contribution in [0.25, 0.3) is 0 Å². The summed E-state index contributed by atoms with van der Waals surface area (Å²) >= 11 is 0. The lowest BCUT2D eigenvalue weighted by Crippen LogP contribution is -2.17. The van der Waals surface area contributed by atoms with Gasteiger partial charge in [0, 0.05) is 12.1 Å². The normalized spacial score (nSPS) is 18.0. The van der Waals surface area contributed by atoms with E-state index >= 15 is 0 Å². The van der Waals surface area contributed by atoms with Gasteiger partial charge in [0.1, 0.15) is 5.75 Å². The van der Waals surface area contributed by atoms with Crippen molar-refractivity contribution in [3.63, 3.8) is 0 Å². The third-order valence-corrected chi connectivity index (χ3v) is 5.97. The minimum Gasteiger partial charge on any atom is -0.497 e. The quantitative estimate of drug-likeness (QED) is 0.776. The number of rotatable bonds is 5. The Morgan fingerprint density at radius 1 is 1.17 bits per heavy atom. The molecular formula is C19H21NO3S. The highest BCUT2D eigenvalue weighted by atomic mass is 32.2. The van der Waals surface area contributed by atoms with Crippen molar-refractivity contribution < 1.29 is 13.2 Å². The lowest BCUT2D eigenvalue weighted by molar-refractivity contribution is 0.414. The number of hydrogen-bond acceptors (Lipinski definition) is 4. The summed E-state index contributed by atoms with van der Waals surface area (Å²) in [5, 5.41) is 0.143. The average Bonchev–Trinajstić information content (AvgIpc) is 2.63. The molecule has 0 saturated carbocycles. The third kappa shape index (κ3) is 3.67. The molecule has 3 rings (SSSR count). The van der Waals surface area contributed by atoms with Crippen molar-refractivity contribution in [2.45, 2.75) is 30.2 Å². The minimum absolute atomic E-state index is 0.0285. The molecule has 0 fully saturated rings. The fraction of sp³-hybridized carbons (Fsp3) is 0.316. The smallest absolute Gasteiger partial charge is 0.199 e. The van der Waals surface area contributed by atoms with Crippen LogP contribution in [0.1, 0.15) is 30.7 Å².